The van der Waals surface area contributed by atoms with E-state index in [0.29, 0.717) is 33.3 Å². The second kappa shape index (κ2) is 10.9. The number of methoxy groups -OCH3 is 2. The smallest absolute Gasteiger partial charge is 0.256 e. The Hall–Kier alpha value is -4.04. The van der Waals surface area contributed by atoms with Gasteiger partial charge in [0.25, 0.3) is 5.91 Å². The number of nitrogens with one attached hydrogen (secondary N) is 2. The normalized spacial score (nSPS) is 10.6. The highest BCUT2D eigenvalue weighted by molar-refractivity contribution is 8.00. The third-order valence-corrected chi connectivity index (χ3v) is 6.45. The van der Waals surface area contributed by atoms with E-state index < -0.39 is 0 Å². The molecule has 0 radical (unpaired) electrons. The van der Waals surface area contributed by atoms with E-state index in [0.717, 1.165) is 16.5 Å². The number of carbonyl (C=O) groups excluding carboxylic acids is 2. The Bertz CT molecular complexity index is 1390. The van der Waals surface area contributed by atoms with E-state index in [9.17, 15) is 9.59 Å². The van der Waals surface area contributed by atoms with Crippen LogP contribution in [0.15, 0.2) is 77.8 Å². The van der Waals surface area contributed by atoms with Gasteiger partial charge < -0.3 is 20.1 Å². The molecule has 1 heterocycles. The molecule has 4 rings (SSSR count). The fraction of sp³-hybridized carbons (Fsp3) is 0.148. The maximum absolute atomic E-state index is 13.2. The number of rotatable bonds is 8. The van der Waals surface area contributed by atoms with Gasteiger partial charge in [-0.15, -0.1) is 11.8 Å². The quantitative estimate of drug-likeness (QED) is 0.317. The Kier molecular flexibility index (Phi) is 7.52. The van der Waals surface area contributed by atoms with Crippen molar-refractivity contribution in [2.24, 2.45) is 0 Å². The first kappa shape index (κ1) is 24.1. The minimum atomic E-state index is -0.248. The maximum Gasteiger partial charge on any atom is 0.256 e. The Labute approximate surface area is 207 Å². The molecule has 8 heteroatoms. The summed E-state index contributed by atoms with van der Waals surface area (Å²) in [6, 6.07) is 20.0. The molecule has 0 aliphatic heterocycles. The van der Waals surface area contributed by atoms with Crippen LogP contribution in [0, 0.1) is 6.92 Å². The van der Waals surface area contributed by atoms with E-state index in [4.69, 9.17) is 9.47 Å². The van der Waals surface area contributed by atoms with Crippen LogP contribution in [0.4, 0.5) is 11.4 Å². The van der Waals surface area contributed by atoms with E-state index in [1.54, 1.807) is 43.6 Å². The van der Waals surface area contributed by atoms with E-state index in [1.165, 1.54) is 18.9 Å². The molecule has 0 aliphatic rings. The van der Waals surface area contributed by atoms with Crippen molar-refractivity contribution in [3.8, 4) is 11.5 Å². The average molecular weight is 488 g/mol. The predicted molar refractivity (Wildman–Crippen MR) is 140 cm³/mol. The molecule has 0 bridgehead atoms. The van der Waals surface area contributed by atoms with Gasteiger partial charge in [0.15, 0.2) is 11.5 Å². The van der Waals surface area contributed by atoms with Crippen molar-refractivity contribution in [2.45, 2.75) is 11.8 Å². The number of thioether (sulfide) groups is 1. The summed E-state index contributed by atoms with van der Waals surface area (Å²) >= 11 is 1.30. The lowest BCUT2D eigenvalue weighted by molar-refractivity contribution is -0.113. The number of pyridine rings is 1. The molecule has 4 aromatic rings. The lowest BCUT2D eigenvalue weighted by Gasteiger charge is -2.13. The van der Waals surface area contributed by atoms with Gasteiger partial charge in [0.2, 0.25) is 5.91 Å². The maximum atomic E-state index is 13.2. The van der Waals surface area contributed by atoms with Gasteiger partial charge in [-0.05, 0) is 55.0 Å². The molecule has 0 spiro atoms. The lowest BCUT2D eigenvalue weighted by Crippen LogP contribution is -2.16. The number of hydrogen-bond donors (Lipinski definition) is 2. The van der Waals surface area contributed by atoms with Gasteiger partial charge in [0.1, 0.15) is 0 Å². The van der Waals surface area contributed by atoms with Gasteiger partial charge in [0, 0.05) is 28.2 Å². The monoisotopic (exact) mass is 487 g/mol. The number of ether oxygens (including phenoxy) is 2. The average Bonchev–Trinajstić information content (AvgIpc) is 2.89. The van der Waals surface area contributed by atoms with Gasteiger partial charge in [0.05, 0.1) is 36.7 Å². The summed E-state index contributed by atoms with van der Waals surface area (Å²) in [5.74, 6) is 0.793. The van der Waals surface area contributed by atoms with Crippen molar-refractivity contribution in [1.82, 2.24) is 4.98 Å². The number of anilines is 2. The zero-order valence-electron chi connectivity index (χ0n) is 19.6. The van der Waals surface area contributed by atoms with Crippen LogP contribution in [0.3, 0.4) is 0 Å². The zero-order chi connectivity index (χ0) is 24.8. The number of benzene rings is 3. The molecule has 0 fully saturated rings. The van der Waals surface area contributed by atoms with Crippen molar-refractivity contribution in [3.05, 3.63) is 84.1 Å². The third-order valence-electron chi connectivity index (χ3n) is 5.38. The Morgan fingerprint density at radius 2 is 1.71 bits per heavy atom. The minimum Gasteiger partial charge on any atom is -0.493 e. The van der Waals surface area contributed by atoms with Gasteiger partial charge in [-0.2, -0.15) is 0 Å². The molecule has 0 saturated carbocycles. The van der Waals surface area contributed by atoms with Gasteiger partial charge in [-0.25, -0.2) is 0 Å². The van der Waals surface area contributed by atoms with Crippen LogP contribution in [0.1, 0.15) is 15.9 Å². The fourth-order valence-electron chi connectivity index (χ4n) is 3.65. The Morgan fingerprint density at radius 3 is 2.51 bits per heavy atom. The van der Waals surface area contributed by atoms with Crippen LogP contribution < -0.4 is 20.1 Å². The van der Waals surface area contributed by atoms with Crippen molar-refractivity contribution in [1.29, 1.82) is 0 Å². The second-order valence-electron chi connectivity index (χ2n) is 7.69. The molecule has 7 nitrogen and oxygen atoms in total. The highest BCUT2D eigenvalue weighted by Crippen LogP contribution is 2.30. The SMILES string of the molecule is COc1ccc(NC(=O)CSc2ccccc2C(=O)Nc2ccc(C)c3ncccc23)cc1OC. The number of hydrogen-bond acceptors (Lipinski definition) is 6. The van der Waals surface area contributed by atoms with Crippen LogP contribution in [-0.4, -0.2) is 36.8 Å². The fourth-order valence-corrected chi connectivity index (χ4v) is 4.50. The molecular formula is C27H25N3O4S. The molecule has 3 aromatic carbocycles. The third kappa shape index (κ3) is 5.55. The van der Waals surface area contributed by atoms with Crippen LogP contribution >= 0.6 is 11.8 Å². The molecule has 0 saturated heterocycles. The van der Waals surface area contributed by atoms with E-state index in [2.05, 4.69) is 15.6 Å². The zero-order valence-corrected chi connectivity index (χ0v) is 20.4. The van der Waals surface area contributed by atoms with Gasteiger partial charge in [-0.1, -0.05) is 18.2 Å². The first-order chi connectivity index (χ1) is 17.0. The summed E-state index contributed by atoms with van der Waals surface area (Å²) in [4.78, 5) is 30.9. The molecule has 178 valence electrons. The highest BCUT2D eigenvalue weighted by Gasteiger charge is 2.15. The number of fused-ring (bicyclic) bond motifs is 1. The number of aromatic nitrogens is 1. The minimum absolute atomic E-state index is 0.135. The molecule has 0 unspecified atom stereocenters. The second-order valence-corrected chi connectivity index (χ2v) is 8.70. The predicted octanol–water partition coefficient (Wildman–Crippen LogP) is 5.54. The lowest BCUT2D eigenvalue weighted by atomic mass is 10.1. The van der Waals surface area contributed by atoms with E-state index in [1.807, 2.05) is 43.3 Å². The number of amides is 2. The van der Waals surface area contributed by atoms with E-state index in [-0.39, 0.29) is 17.6 Å². The Morgan fingerprint density at radius 1 is 0.914 bits per heavy atom. The standard InChI is InChI=1S/C27H25N3O4S/c1-17-10-12-21(19-8-6-14-28-26(17)19)30-27(32)20-7-4-5-9-24(20)35-16-25(31)29-18-11-13-22(33-2)23(15-18)34-3/h4-15H,16H2,1-3H3,(H,29,31)(H,30,32). The largest absolute Gasteiger partial charge is 0.493 e. The summed E-state index contributed by atoms with van der Waals surface area (Å²) in [7, 11) is 3.09. The number of carbonyl (C=O) groups is 2. The van der Waals surface area contributed by atoms with Crippen molar-refractivity contribution < 1.29 is 19.1 Å². The van der Waals surface area contributed by atoms with Gasteiger partial charge in [-0.3, -0.25) is 14.6 Å². The Balaban J connectivity index is 1.46. The molecule has 1 aromatic heterocycles. The van der Waals surface area contributed by atoms with Crippen LogP contribution in [-0.2, 0) is 4.79 Å². The molecule has 2 amide bonds. The topological polar surface area (TPSA) is 89.5 Å². The van der Waals surface area contributed by atoms with Crippen LogP contribution in [0.5, 0.6) is 11.5 Å². The molecular weight excluding hydrogens is 462 g/mol. The summed E-state index contributed by atoms with van der Waals surface area (Å²) in [5.41, 5.74) is 3.66. The number of nitrogens with zero attached hydrogens (tertiary/aromatic N) is 1. The van der Waals surface area contributed by atoms with Crippen molar-refractivity contribution in [3.63, 3.8) is 0 Å². The van der Waals surface area contributed by atoms with Crippen LogP contribution in [0.2, 0.25) is 0 Å². The first-order valence-electron chi connectivity index (χ1n) is 10.9. The molecule has 2 N–H and O–H groups in total. The van der Waals surface area contributed by atoms with E-state index >= 15 is 0 Å². The first-order valence-corrected chi connectivity index (χ1v) is 11.9. The van der Waals surface area contributed by atoms with Crippen molar-refractivity contribution in [2.75, 3.05) is 30.6 Å². The summed E-state index contributed by atoms with van der Waals surface area (Å²) in [6.07, 6.45) is 1.74. The molecule has 0 atom stereocenters. The molecule has 0 aliphatic carbocycles. The highest BCUT2D eigenvalue weighted by atomic mass is 32.2. The molecule has 35 heavy (non-hydrogen) atoms. The van der Waals surface area contributed by atoms with Gasteiger partial charge >= 0.3 is 0 Å². The summed E-state index contributed by atoms with van der Waals surface area (Å²) in [5, 5.41) is 6.73. The van der Waals surface area contributed by atoms with Crippen molar-refractivity contribution >= 4 is 45.9 Å². The van der Waals surface area contributed by atoms with Crippen LogP contribution in [0.25, 0.3) is 10.9 Å². The summed E-state index contributed by atoms with van der Waals surface area (Å²) < 4.78 is 10.5. The summed E-state index contributed by atoms with van der Waals surface area (Å²) in [6.45, 7) is 1.99. The number of aryl methyl sites for hydroxylation is 1.